The number of carbonyl (C=O) groups excluding carboxylic acids is 2. The normalized spacial score (nSPS) is 9.22. The van der Waals surface area contributed by atoms with Crippen LogP contribution in [0.3, 0.4) is 0 Å². The number of hydrogen-bond acceptors (Lipinski definition) is 4. The molecule has 0 fully saturated rings. The number of nitriles is 1. The zero-order valence-corrected chi connectivity index (χ0v) is 11.2. The fourth-order valence-corrected chi connectivity index (χ4v) is 1.31. The molecule has 0 bridgehead atoms. The van der Waals surface area contributed by atoms with Crippen LogP contribution in [0.5, 0.6) is 0 Å². The third kappa shape index (κ3) is 7.44. The smallest absolute Gasteiger partial charge is 0.307 e. The lowest BCUT2D eigenvalue weighted by molar-refractivity contribution is -0.143. The standard InChI is InChI=1S/C13H20N2O3/c1-4-18-13(17)6-9-15(8-5-7-14)12(16)10-11(2)3/h10H,4-6,8-9H2,1-3H3. The van der Waals surface area contributed by atoms with E-state index in [4.69, 9.17) is 10.00 Å². The highest BCUT2D eigenvalue weighted by atomic mass is 16.5. The minimum absolute atomic E-state index is 0.154. The SMILES string of the molecule is CCOC(=O)CCN(CCC#N)C(=O)C=C(C)C. The predicted molar refractivity (Wildman–Crippen MR) is 67.5 cm³/mol. The molecule has 0 atom stereocenters. The van der Waals surface area contributed by atoms with Crippen molar-refractivity contribution < 1.29 is 14.3 Å². The average Bonchev–Trinajstić information content (AvgIpc) is 2.28. The van der Waals surface area contributed by atoms with Crippen LogP contribution >= 0.6 is 0 Å². The molecule has 0 aliphatic heterocycles. The summed E-state index contributed by atoms with van der Waals surface area (Å²) in [7, 11) is 0. The van der Waals surface area contributed by atoms with Gasteiger partial charge < -0.3 is 9.64 Å². The van der Waals surface area contributed by atoms with E-state index in [9.17, 15) is 9.59 Å². The molecule has 5 heteroatoms. The number of rotatable bonds is 7. The second-order valence-corrected chi connectivity index (χ2v) is 4.01. The van der Waals surface area contributed by atoms with Gasteiger partial charge in [-0.15, -0.1) is 0 Å². The largest absolute Gasteiger partial charge is 0.466 e. The van der Waals surface area contributed by atoms with Gasteiger partial charge in [0.05, 0.1) is 25.5 Å². The zero-order valence-electron chi connectivity index (χ0n) is 11.2. The van der Waals surface area contributed by atoms with Crippen LogP contribution in [0.15, 0.2) is 11.6 Å². The quantitative estimate of drug-likeness (QED) is 0.510. The number of nitrogens with zero attached hydrogens (tertiary/aromatic N) is 2. The first kappa shape index (κ1) is 16.2. The fraction of sp³-hybridized carbons (Fsp3) is 0.615. The van der Waals surface area contributed by atoms with E-state index in [1.165, 1.54) is 11.0 Å². The Labute approximate surface area is 108 Å². The van der Waals surface area contributed by atoms with Crippen molar-refractivity contribution in [2.75, 3.05) is 19.7 Å². The lowest BCUT2D eigenvalue weighted by atomic mass is 10.2. The summed E-state index contributed by atoms with van der Waals surface area (Å²) in [6, 6.07) is 1.99. The molecule has 100 valence electrons. The van der Waals surface area contributed by atoms with Crippen LogP contribution in [-0.4, -0.2) is 36.5 Å². The molecule has 0 rings (SSSR count). The van der Waals surface area contributed by atoms with E-state index < -0.39 is 0 Å². The number of amides is 1. The van der Waals surface area contributed by atoms with Crippen LogP contribution in [-0.2, 0) is 14.3 Å². The molecule has 0 aliphatic carbocycles. The van der Waals surface area contributed by atoms with Gasteiger partial charge in [-0.05, 0) is 20.8 Å². The van der Waals surface area contributed by atoms with E-state index in [0.717, 1.165) is 5.57 Å². The molecule has 1 amide bonds. The van der Waals surface area contributed by atoms with Crippen LogP contribution in [0.1, 0.15) is 33.6 Å². The van der Waals surface area contributed by atoms with Crippen molar-refractivity contribution >= 4 is 11.9 Å². The molecule has 18 heavy (non-hydrogen) atoms. The molecular weight excluding hydrogens is 232 g/mol. The average molecular weight is 252 g/mol. The Bertz CT molecular complexity index is 352. The topological polar surface area (TPSA) is 70.4 Å². The lowest BCUT2D eigenvalue weighted by Gasteiger charge is -2.19. The Hall–Kier alpha value is -1.83. The van der Waals surface area contributed by atoms with Crippen molar-refractivity contribution in [1.29, 1.82) is 5.26 Å². The maximum Gasteiger partial charge on any atom is 0.307 e. The van der Waals surface area contributed by atoms with Gasteiger partial charge in [-0.25, -0.2) is 0 Å². The molecule has 5 nitrogen and oxygen atoms in total. The fourth-order valence-electron chi connectivity index (χ4n) is 1.31. The second kappa shape index (κ2) is 9.23. The number of ether oxygens (including phenoxy) is 1. The Morgan fingerprint density at radius 3 is 2.50 bits per heavy atom. The molecule has 0 N–H and O–H groups in total. The summed E-state index contributed by atoms with van der Waals surface area (Å²) in [6.07, 6.45) is 1.91. The van der Waals surface area contributed by atoms with Gasteiger partial charge in [0.25, 0.3) is 0 Å². The lowest BCUT2D eigenvalue weighted by Crippen LogP contribution is -2.33. The monoisotopic (exact) mass is 252 g/mol. The third-order valence-corrected chi connectivity index (χ3v) is 2.11. The van der Waals surface area contributed by atoms with Crippen LogP contribution in [0, 0.1) is 11.3 Å². The van der Waals surface area contributed by atoms with Crippen LogP contribution in [0.2, 0.25) is 0 Å². The Morgan fingerprint density at radius 2 is 2.00 bits per heavy atom. The molecule has 0 heterocycles. The van der Waals surface area contributed by atoms with E-state index >= 15 is 0 Å². The first-order valence-corrected chi connectivity index (χ1v) is 5.97. The van der Waals surface area contributed by atoms with E-state index in [1.54, 1.807) is 6.92 Å². The van der Waals surface area contributed by atoms with Crippen molar-refractivity contribution in [1.82, 2.24) is 4.90 Å². The van der Waals surface area contributed by atoms with Gasteiger partial charge in [0.1, 0.15) is 0 Å². The van der Waals surface area contributed by atoms with Gasteiger partial charge in [-0.1, -0.05) is 5.57 Å². The summed E-state index contributed by atoms with van der Waals surface area (Å²) in [4.78, 5) is 24.5. The molecule has 0 aromatic heterocycles. The molecule has 0 aromatic carbocycles. The van der Waals surface area contributed by atoms with Gasteiger partial charge in [0, 0.05) is 19.2 Å². The van der Waals surface area contributed by atoms with E-state index in [1.807, 2.05) is 19.9 Å². The molecule has 0 saturated heterocycles. The molecule has 0 unspecified atom stereocenters. The van der Waals surface area contributed by atoms with Crippen LogP contribution in [0.4, 0.5) is 0 Å². The summed E-state index contributed by atoms with van der Waals surface area (Å²) in [5.74, 6) is -0.501. The number of allylic oxidation sites excluding steroid dienone is 1. The van der Waals surface area contributed by atoms with Crippen molar-refractivity contribution in [3.8, 4) is 6.07 Å². The highest BCUT2D eigenvalue weighted by Gasteiger charge is 2.13. The third-order valence-electron chi connectivity index (χ3n) is 2.11. The van der Waals surface area contributed by atoms with E-state index in [-0.39, 0.29) is 31.3 Å². The summed E-state index contributed by atoms with van der Waals surface area (Å²) >= 11 is 0. The summed E-state index contributed by atoms with van der Waals surface area (Å²) in [5, 5.41) is 8.55. The number of carbonyl (C=O) groups is 2. The van der Waals surface area contributed by atoms with Gasteiger partial charge >= 0.3 is 5.97 Å². The summed E-state index contributed by atoms with van der Waals surface area (Å²) in [5.41, 5.74) is 0.887. The first-order valence-electron chi connectivity index (χ1n) is 5.97. The Morgan fingerprint density at radius 1 is 1.33 bits per heavy atom. The number of hydrogen-bond donors (Lipinski definition) is 0. The van der Waals surface area contributed by atoms with Gasteiger partial charge in [-0.2, -0.15) is 5.26 Å². The molecule has 0 spiro atoms. The Balaban J connectivity index is 4.40. The predicted octanol–water partition coefficient (Wildman–Crippen LogP) is 1.65. The summed E-state index contributed by atoms with van der Waals surface area (Å²) in [6.45, 7) is 6.33. The molecule has 0 aromatic rings. The van der Waals surface area contributed by atoms with Crippen molar-refractivity contribution in [3.05, 3.63) is 11.6 Å². The molecule has 0 radical (unpaired) electrons. The first-order chi connectivity index (χ1) is 8.51. The zero-order chi connectivity index (χ0) is 14.0. The molecule has 0 saturated carbocycles. The Kier molecular flexibility index (Phi) is 8.29. The maximum atomic E-state index is 11.8. The minimum Gasteiger partial charge on any atom is -0.466 e. The van der Waals surface area contributed by atoms with Crippen molar-refractivity contribution in [2.45, 2.75) is 33.6 Å². The molecule has 0 aliphatic rings. The summed E-state index contributed by atoms with van der Waals surface area (Å²) < 4.78 is 4.80. The van der Waals surface area contributed by atoms with Crippen molar-refractivity contribution in [3.63, 3.8) is 0 Å². The minimum atomic E-state index is -0.329. The van der Waals surface area contributed by atoms with E-state index in [0.29, 0.717) is 13.2 Å². The highest BCUT2D eigenvalue weighted by Crippen LogP contribution is 2.00. The van der Waals surface area contributed by atoms with Crippen LogP contribution in [0.25, 0.3) is 0 Å². The van der Waals surface area contributed by atoms with E-state index in [2.05, 4.69) is 0 Å². The highest BCUT2D eigenvalue weighted by molar-refractivity contribution is 5.88. The van der Waals surface area contributed by atoms with Crippen LogP contribution < -0.4 is 0 Å². The molecular formula is C13H20N2O3. The van der Waals surface area contributed by atoms with Crippen molar-refractivity contribution in [2.24, 2.45) is 0 Å². The number of esters is 1. The second-order valence-electron chi connectivity index (χ2n) is 4.01. The van der Waals surface area contributed by atoms with Gasteiger partial charge in [0.15, 0.2) is 0 Å². The maximum absolute atomic E-state index is 11.8. The van der Waals surface area contributed by atoms with Gasteiger partial charge in [0.2, 0.25) is 5.91 Å². The van der Waals surface area contributed by atoms with Gasteiger partial charge in [-0.3, -0.25) is 9.59 Å².